The summed E-state index contributed by atoms with van der Waals surface area (Å²) in [5.74, 6) is 0. The second-order valence-corrected chi connectivity index (χ2v) is 4.64. The van der Waals surface area contributed by atoms with Gasteiger partial charge in [0.15, 0.2) is 0 Å². The topological polar surface area (TPSA) is 52.3 Å². The predicted octanol–water partition coefficient (Wildman–Crippen LogP) is 3.96. The molecule has 0 aliphatic rings. The molecule has 1 aromatic carbocycles. The van der Waals surface area contributed by atoms with Gasteiger partial charge in [-0.2, -0.15) is 0 Å². The van der Waals surface area contributed by atoms with Gasteiger partial charge in [0.25, 0.3) is 0 Å². The predicted molar refractivity (Wildman–Crippen MR) is 66.3 cm³/mol. The minimum atomic E-state index is -0.0955. The van der Waals surface area contributed by atoms with Crippen molar-refractivity contribution in [3.8, 4) is 0 Å². The first kappa shape index (κ1) is 9.93. The number of hydrogen-bond acceptors (Lipinski definition) is 3. The van der Waals surface area contributed by atoms with Crippen molar-refractivity contribution in [3.63, 3.8) is 0 Å². The van der Waals surface area contributed by atoms with Crippen molar-refractivity contribution in [1.29, 1.82) is 0 Å². The molecule has 0 saturated heterocycles. The van der Waals surface area contributed by atoms with E-state index in [0.29, 0.717) is 0 Å². The summed E-state index contributed by atoms with van der Waals surface area (Å²) in [4.78, 5) is 0. The zero-order valence-corrected chi connectivity index (χ0v) is 10.2. The molecule has 2 N–H and O–H groups in total. The van der Waals surface area contributed by atoms with Crippen molar-refractivity contribution in [2.45, 2.75) is 13.0 Å². The number of halogens is 1. The van der Waals surface area contributed by atoms with Crippen molar-refractivity contribution >= 4 is 37.9 Å². The van der Waals surface area contributed by atoms with Crippen LogP contribution in [-0.4, -0.2) is 0 Å². The van der Waals surface area contributed by atoms with Crippen LogP contribution < -0.4 is 5.73 Å². The summed E-state index contributed by atoms with van der Waals surface area (Å²) in [5.41, 5.74) is 8.64. The smallest absolute Gasteiger partial charge is 0.149 e. The van der Waals surface area contributed by atoms with Gasteiger partial charge in [0.05, 0.1) is 17.0 Å². The summed E-state index contributed by atoms with van der Waals surface area (Å²) < 4.78 is 11.9. The molecule has 0 saturated carbocycles. The Morgan fingerprint density at radius 2 is 1.75 bits per heavy atom. The molecular weight excluding hydrogens is 270 g/mol. The monoisotopic (exact) mass is 279 g/mol. The normalized spacial score (nSPS) is 13.7. The van der Waals surface area contributed by atoms with Crippen molar-refractivity contribution in [1.82, 2.24) is 0 Å². The second kappa shape index (κ2) is 3.37. The Bertz CT molecular complexity index is 614. The third kappa shape index (κ3) is 1.17. The average Bonchev–Trinajstić information content (AvgIpc) is 2.84. The van der Waals surface area contributed by atoms with Crippen molar-refractivity contribution in [3.05, 3.63) is 34.7 Å². The van der Waals surface area contributed by atoms with E-state index in [1.54, 1.807) is 12.5 Å². The molecule has 2 aromatic heterocycles. The van der Waals surface area contributed by atoms with Crippen LogP contribution in [0.3, 0.4) is 0 Å². The first-order valence-electron chi connectivity index (χ1n) is 5.01. The molecule has 0 aliphatic heterocycles. The van der Waals surface area contributed by atoms with E-state index in [1.165, 1.54) is 0 Å². The minimum Gasteiger partial charge on any atom is -0.464 e. The van der Waals surface area contributed by atoms with E-state index in [1.807, 2.05) is 19.1 Å². The molecule has 3 nitrogen and oxygen atoms in total. The third-order valence-electron chi connectivity index (χ3n) is 2.76. The van der Waals surface area contributed by atoms with Gasteiger partial charge in [-0.05, 0) is 35.0 Å². The van der Waals surface area contributed by atoms with Gasteiger partial charge in [-0.1, -0.05) is 0 Å². The minimum absolute atomic E-state index is 0.0955. The maximum atomic E-state index is 6.00. The van der Waals surface area contributed by atoms with E-state index in [4.69, 9.17) is 14.6 Å². The summed E-state index contributed by atoms with van der Waals surface area (Å²) in [7, 11) is 0. The average molecular weight is 280 g/mol. The Hall–Kier alpha value is -1.26. The Morgan fingerprint density at radius 3 is 2.44 bits per heavy atom. The molecule has 0 radical (unpaired) electrons. The van der Waals surface area contributed by atoms with Gasteiger partial charge in [-0.25, -0.2) is 0 Å². The van der Waals surface area contributed by atoms with E-state index >= 15 is 0 Å². The molecule has 0 bridgehead atoms. The van der Waals surface area contributed by atoms with Gasteiger partial charge in [0, 0.05) is 22.4 Å². The standard InChI is InChI=1S/C12H10BrNO2/c1-6(14)9-7-2-4-16-12(7)10(13)8-3-5-15-11(8)9/h2-6H,14H2,1H3. The highest BCUT2D eigenvalue weighted by Crippen LogP contribution is 2.39. The highest BCUT2D eigenvalue weighted by Gasteiger charge is 2.19. The van der Waals surface area contributed by atoms with E-state index < -0.39 is 0 Å². The molecule has 4 heteroatoms. The molecule has 1 atom stereocenters. The fraction of sp³-hybridized carbons (Fsp3) is 0.167. The van der Waals surface area contributed by atoms with Crippen LogP contribution in [0.15, 0.2) is 38.0 Å². The van der Waals surface area contributed by atoms with Crippen LogP contribution in [0.25, 0.3) is 21.9 Å². The van der Waals surface area contributed by atoms with E-state index in [0.717, 1.165) is 32.0 Å². The number of rotatable bonds is 1. The quantitative estimate of drug-likeness (QED) is 0.734. The zero-order chi connectivity index (χ0) is 11.3. The van der Waals surface area contributed by atoms with Crippen LogP contribution in [0.4, 0.5) is 0 Å². The number of benzene rings is 1. The lowest BCUT2D eigenvalue weighted by Crippen LogP contribution is -2.05. The molecule has 0 aliphatic carbocycles. The SMILES string of the molecule is CC(N)c1c2ccoc2c(Br)c2ccoc12. The Balaban J connectivity index is 2.62. The molecule has 0 amide bonds. The third-order valence-corrected chi connectivity index (χ3v) is 3.54. The molecule has 3 rings (SSSR count). The lowest BCUT2D eigenvalue weighted by Gasteiger charge is -2.09. The fourth-order valence-corrected chi connectivity index (χ4v) is 2.70. The van der Waals surface area contributed by atoms with Crippen molar-refractivity contribution in [2.75, 3.05) is 0 Å². The second-order valence-electron chi connectivity index (χ2n) is 3.84. The number of furan rings is 2. The molecule has 3 aromatic rings. The first-order valence-corrected chi connectivity index (χ1v) is 5.81. The van der Waals surface area contributed by atoms with Crippen molar-refractivity contribution < 1.29 is 8.83 Å². The summed E-state index contributed by atoms with van der Waals surface area (Å²) in [6.07, 6.45) is 3.33. The fourth-order valence-electron chi connectivity index (χ4n) is 2.08. The van der Waals surface area contributed by atoms with Gasteiger partial charge in [0.1, 0.15) is 11.2 Å². The number of hydrogen-bond donors (Lipinski definition) is 1. The van der Waals surface area contributed by atoms with Crippen LogP contribution >= 0.6 is 15.9 Å². The van der Waals surface area contributed by atoms with Gasteiger partial charge < -0.3 is 14.6 Å². The maximum absolute atomic E-state index is 6.00. The summed E-state index contributed by atoms with van der Waals surface area (Å²) in [6.45, 7) is 1.94. The Morgan fingerprint density at radius 1 is 1.12 bits per heavy atom. The van der Waals surface area contributed by atoms with Crippen LogP contribution in [-0.2, 0) is 0 Å². The van der Waals surface area contributed by atoms with Gasteiger partial charge >= 0.3 is 0 Å². The zero-order valence-electron chi connectivity index (χ0n) is 8.66. The summed E-state index contributed by atoms with van der Waals surface area (Å²) >= 11 is 3.53. The molecule has 2 heterocycles. The number of nitrogens with two attached hydrogens (primary N) is 1. The summed E-state index contributed by atoms with van der Waals surface area (Å²) in [5, 5.41) is 2.00. The van der Waals surface area contributed by atoms with E-state index in [-0.39, 0.29) is 6.04 Å². The van der Waals surface area contributed by atoms with Crippen LogP contribution in [0.5, 0.6) is 0 Å². The molecule has 1 unspecified atom stereocenters. The van der Waals surface area contributed by atoms with Crippen LogP contribution in [0, 0.1) is 0 Å². The van der Waals surface area contributed by atoms with Crippen molar-refractivity contribution in [2.24, 2.45) is 5.73 Å². The lowest BCUT2D eigenvalue weighted by atomic mass is 10.0. The van der Waals surface area contributed by atoms with Crippen LogP contribution in [0.1, 0.15) is 18.5 Å². The number of fused-ring (bicyclic) bond motifs is 2. The molecule has 0 spiro atoms. The van der Waals surface area contributed by atoms with Gasteiger partial charge in [0.2, 0.25) is 0 Å². The lowest BCUT2D eigenvalue weighted by molar-refractivity contribution is 0.604. The first-order chi connectivity index (χ1) is 7.70. The van der Waals surface area contributed by atoms with E-state index in [9.17, 15) is 0 Å². The largest absolute Gasteiger partial charge is 0.464 e. The highest BCUT2D eigenvalue weighted by molar-refractivity contribution is 9.10. The Kier molecular flexibility index (Phi) is 2.09. The molecule has 0 fully saturated rings. The molecule has 16 heavy (non-hydrogen) atoms. The summed E-state index contributed by atoms with van der Waals surface area (Å²) in [6, 6.07) is 3.73. The Labute approximate surface area is 100 Å². The molecular formula is C12H10BrNO2. The molecule has 82 valence electrons. The van der Waals surface area contributed by atoms with Crippen LogP contribution in [0.2, 0.25) is 0 Å². The maximum Gasteiger partial charge on any atom is 0.149 e. The van der Waals surface area contributed by atoms with E-state index in [2.05, 4.69) is 15.9 Å². The van der Waals surface area contributed by atoms with Gasteiger partial charge in [-0.3, -0.25) is 0 Å². The van der Waals surface area contributed by atoms with Gasteiger partial charge in [-0.15, -0.1) is 0 Å². The highest BCUT2D eigenvalue weighted by atomic mass is 79.9.